The van der Waals surface area contributed by atoms with Crippen molar-refractivity contribution in [1.82, 2.24) is 19.6 Å². The molecule has 2 saturated heterocycles. The Balaban J connectivity index is 1.52. The molecule has 2 aliphatic rings. The molecule has 1 unspecified atom stereocenters. The minimum atomic E-state index is -1.07. The lowest BCUT2D eigenvalue weighted by molar-refractivity contribution is -0.282. The Kier molecular flexibility index (Phi) is 5.68. The topological polar surface area (TPSA) is 86.1 Å². The number of carbonyl (C=O) groups is 2. The van der Waals surface area contributed by atoms with Crippen LogP contribution in [0.3, 0.4) is 0 Å². The van der Waals surface area contributed by atoms with Gasteiger partial charge in [0, 0.05) is 31.4 Å². The van der Waals surface area contributed by atoms with Gasteiger partial charge in [-0.1, -0.05) is 11.6 Å². The maximum atomic E-state index is 13.2. The Hall–Kier alpha value is -2.62. The number of benzene rings is 1. The van der Waals surface area contributed by atoms with Crippen molar-refractivity contribution in [1.29, 1.82) is 0 Å². The van der Waals surface area contributed by atoms with Crippen molar-refractivity contribution in [2.75, 3.05) is 46.5 Å². The summed E-state index contributed by atoms with van der Waals surface area (Å²) in [5.41, 5.74) is 0.878. The molecular formula is C20H23ClN4O5. The second kappa shape index (κ2) is 8.25. The molecule has 2 fully saturated rings. The molecule has 2 aliphatic heterocycles. The first kappa shape index (κ1) is 20.6. The standard InChI is InChI=1S/C20H23ClN4O5/c1-23-11-14(10-22-23)18(26)24-5-7-29-20(12-24)13-25(6-8-30-20)19(27)16-9-15(21)3-4-17(16)28-2/h3-4,9-11H,5-8,12-13H2,1-2H3. The molecule has 1 atom stereocenters. The van der Waals surface area contributed by atoms with E-state index < -0.39 is 5.79 Å². The lowest BCUT2D eigenvalue weighted by Crippen LogP contribution is -2.63. The smallest absolute Gasteiger partial charge is 0.257 e. The Labute approximate surface area is 179 Å². The second-order valence-corrected chi connectivity index (χ2v) is 7.74. The van der Waals surface area contributed by atoms with Crippen LogP contribution in [0.4, 0.5) is 0 Å². The zero-order chi connectivity index (χ0) is 21.3. The zero-order valence-electron chi connectivity index (χ0n) is 16.8. The van der Waals surface area contributed by atoms with E-state index in [1.807, 2.05) is 0 Å². The fourth-order valence-corrected chi connectivity index (χ4v) is 3.95. The van der Waals surface area contributed by atoms with Crippen molar-refractivity contribution in [3.8, 4) is 5.75 Å². The van der Waals surface area contributed by atoms with Crippen LogP contribution < -0.4 is 4.74 Å². The number of hydrogen-bond acceptors (Lipinski definition) is 6. The van der Waals surface area contributed by atoms with Gasteiger partial charge in [0.15, 0.2) is 0 Å². The van der Waals surface area contributed by atoms with Crippen LogP contribution in [0.5, 0.6) is 5.75 Å². The van der Waals surface area contributed by atoms with Gasteiger partial charge in [-0.05, 0) is 18.2 Å². The Morgan fingerprint density at radius 1 is 1.13 bits per heavy atom. The molecule has 30 heavy (non-hydrogen) atoms. The van der Waals surface area contributed by atoms with E-state index in [0.29, 0.717) is 48.2 Å². The minimum absolute atomic E-state index is 0.144. The number of methoxy groups -OCH3 is 1. The molecular weight excluding hydrogens is 412 g/mol. The molecule has 2 aromatic rings. The van der Waals surface area contributed by atoms with E-state index in [-0.39, 0.29) is 24.9 Å². The average molecular weight is 435 g/mol. The molecule has 0 bridgehead atoms. The van der Waals surface area contributed by atoms with Crippen LogP contribution >= 0.6 is 11.6 Å². The highest BCUT2D eigenvalue weighted by Gasteiger charge is 2.45. The van der Waals surface area contributed by atoms with E-state index in [0.717, 1.165) is 0 Å². The number of ether oxygens (including phenoxy) is 3. The van der Waals surface area contributed by atoms with Gasteiger partial charge in [0.1, 0.15) is 5.75 Å². The third kappa shape index (κ3) is 4.00. The van der Waals surface area contributed by atoms with E-state index >= 15 is 0 Å². The Bertz CT molecular complexity index is 960. The number of amides is 2. The van der Waals surface area contributed by atoms with E-state index in [2.05, 4.69) is 5.10 Å². The highest BCUT2D eigenvalue weighted by atomic mass is 35.5. The van der Waals surface area contributed by atoms with Gasteiger partial charge in [0.05, 0.1) is 50.7 Å². The van der Waals surface area contributed by atoms with Crippen molar-refractivity contribution < 1.29 is 23.8 Å². The van der Waals surface area contributed by atoms with Gasteiger partial charge >= 0.3 is 0 Å². The van der Waals surface area contributed by atoms with E-state index in [9.17, 15) is 9.59 Å². The molecule has 3 heterocycles. The summed E-state index contributed by atoms with van der Waals surface area (Å²) < 4.78 is 18.8. The Morgan fingerprint density at radius 2 is 1.80 bits per heavy atom. The molecule has 0 aliphatic carbocycles. The summed E-state index contributed by atoms with van der Waals surface area (Å²) in [6.07, 6.45) is 3.21. The van der Waals surface area contributed by atoms with Crippen LogP contribution in [0.25, 0.3) is 0 Å². The largest absolute Gasteiger partial charge is 0.496 e. The number of hydrogen-bond donors (Lipinski definition) is 0. The lowest BCUT2D eigenvalue weighted by atomic mass is 10.1. The molecule has 0 N–H and O–H groups in total. The van der Waals surface area contributed by atoms with Gasteiger partial charge in [-0.15, -0.1) is 0 Å². The normalized spacial score (nSPS) is 21.7. The molecule has 1 aromatic heterocycles. The first-order valence-corrected chi connectivity index (χ1v) is 9.97. The third-order valence-corrected chi connectivity index (χ3v) is 5.47. The van der Waals surface area contributed by atoms with Crippen molar-refractivity contribution in [2.45, 2.75) is 5.79 Å². The maximum Gasteiger partial charge on any atom is 0.257 e. The Morgan fingerprint density at radius 3 is 2.40 bits per heavy atom. The van der Waals surface area contributed by atoms with Crippen molar-refractivity contribution in [3.63, 3.8) is 0 Å². The number of halogens is 1. The molecule has 2 amide bonds. The molecule has 4 rings (SSSR count). The van der Waals surface area contributed by atoms with Crippen LogP contribution in [0, 0.1) is 0 Å². The molecule has 0 saturated carbocycles. The van der Waals surface area contributed by atoms with Gasteiger partial charge in [-0.3, -0.25) is 14.3 Å². The van der Waals surface area contributed by atoms with E-state index in [1.165, 1.54) is 13.3 Å². The molecule has 160 valence electrons. The van der Waals surface area contributed by atoms with Crippen LogP contribution in [0.2, 0.25) is 5.02 Å². The number of nitrogens with zero attached hydrogens (tertiary/aromatic N) is 4. The van der Waals surface area contributed by atoms with Crippen molar-refractivity contribution >= 4 is 23.4 Å². The molecule has 10 heteroatoms. The summed E-state index contributed by atoms with van der Waals surface area (Å²) in [7, 11) is 3.27. The predicted molar refractivity (Wildman–Crippen MR) is 108 cm³/mol. The molecule has 1 spiro atoms. The first-order valence-electron chi connectivity index (χ1n) is 9.59. The van der Waals surface area contributed by atoms with Crippen molar-refractivity contribution in [3.05, 3.63) is 46.7 Å². The number of aromatic nitrogens is 2. The third-order valence-electron chi connectivity index (χ3n) is 5.23. The summed E-state index contributed by atoms with van der Waals surface area (Å²) in [6, 6.07) is 4.92. The van der Waals surface area contributed by atoms with Crippen LogP contribution in [-0.2, 0) is 16.5 Å². The summed E-state index contributed by atoms with van der Waals surface area (Å²) in [5, 5.41) is 4.51. The highest BCUT2D eigenvalue weighted by molar-refractivity contribution is 6.31. The highest BCUT2D eigenvalue weighted by Crippen LogP contribution is 2.29. The lowest BCUT2D eigenvalue weighted by Gasteiger charge is -2.47. The molecule has 9 nitrogen and oxygen atoms in total. The summed E-state index contributed by atoms with van der Waals surface area (Å²) in [5.74, 6) is -0.996. The quantitative estimate of drug-likeness (QED) is 0.726. The number of rotatable bonds is 3. The summed E-state index contributed by atoms with van der Waals surface area (Å²) in [4.78, 5) is 29.4. The van der Waals surface area contributed by atoms with Crippen LogP contribution in [0.15, 0.2) is 30.6 Å². The van der Waals surface area contributed by atoms with Crippen molar-refractivity contribution in [2.24, 2.45) is 7.05 Å². The maximum absolute atomic E-state index is 13.2. The monoisotopic (exact) mass is 434 g/mol. The predicted octanol–water partition coefficient (Wildman–Crippen LogP) is 1.42. The summed E-state index contributed by atoms with van der Waals surface area (Å²) in [6.45, 7) is 1.86. The van der Waals surface area contributed by atoms with Gasteiger partial charge < -0.3 is 24.0 Å². The van der Waals surface area contributed by atoms with Gasteiger partial charge in [0.2, 0.25) is 5.79 Å². The van der Waals surface area contributed by atoms with E-state index in [1.54, 1.807) is 45.9 Å². The van der Waals surface area contributed by atoms with Gasteiger partial charge in [0.25, 0.3) is 11.8 Å². The van der Waals surface area contributed by atoms with Gasteiger partial charge in [-0.25, -0.2) is 0 Å². The van der Waals surface area contributed by atoms with Crippen LogP contribution in [-0.4, -0.2) is 83.7 Å². The second-order valence-electron chi connectivity index (χ2n) is 7.31. The van der Waals surface area contributed by atoms with Gasteiger partial charge in [-0.2, -0.15) is 5.10 Å². The fraction of sp³-hybridized carbons (Fsp3) is 0.450. The molecule has 0 radical (unpaired) electrons. The number of carbonyl (C=O) groups excluding carboxylic acids is 2. The first-order chi connectivity index (χ1) is 14.4. The SMILES string of the molecule is COc1ccc(Cl)cc1C(=O)N1CCOC2(CN(C(=O)c3cnn(C)c3)CCO2)C1. The minimum Gasteiger partial charge on any atom is -0.496 e. The average Bonchev–Trinajstić information content (AvgIpc) is 3.19. The number of morpholine rings is 2. The van der Waals surface area contributed by atoms with Crippen LogP contribution in [0.1, 0.15) is 20.7 Å². The zero-order valence-corrected chi connectivity index (χ0v) is 17.6. The fourth-order valence-electron chi connectivity index (χ4n) is 3.78. The van der Waals surface area contributed by atoms with E-state index in [4.69, 9.17) is 25.8 Å². The summed E-state index contributed by atoms with van der Waals surface area (Å²) >= 11 is 6.09. The molecule has 1 aromatic carbocycles. The number of aryl methyl sites for hydroxylation is 1.